The van der Waals surface area contributed by atoms with Gasteiger partial charge in [0.25, 0.3) is 11.5 Å². The molecule has 3 N–H and O–H groups in total. The first-order valence-electron chi connectivity index (χ1n) is 10.9. The van der Waals surface area contributed by atoms with Gasteiger partial charge in [0.1, 0.15) is 22.7 Å². The van der Waals surface area contributed by atoms with Crippen molar-refractivity contribution in [3.05, 3.63) is 93.0 Å². The number of fused-ring (bicyclic) bond motifs is 1. The number of carbonyl (C=O) groups excluding carboxylic acids is 1. The fourth-order valence-electron chi connectivity index (χ4n) is 3.94. The van der Waals surface area contributed by atoms with Gasteiger partial charge in [0.2, 0.25) is 0 Å². The van der Waals surface area contributed by atoms with Crippen LogP contribution in [0.3, 0.4) is 0 Å². The van der Waals surface area contributed by atoms with Crippen LogP contribution in [0.5, 0.6) is 0 Å². The Morgan fingerprint density at radius 1 is 1.11 bits per heavy atom. The van der Waals surface area contributed by atoms with Crippen molar-refractivity contribution < 1.29 is 31.9 Å². The molecule has 0 aliphatic rings. The van der Waals surface area contributed by atoms with Gasteiger partial charge in [0, 0.05) is 5.56 Å². The molecule has 0 saturated carbocycles. The molecule has 1 atom stereocenters. The van der Waals surface area contributed by atoms with Crippen molar-refractivity contribution >= 4 is 11.4 Å². The van der Waals surface area contributed by atoms with E-state index in [9.17, 15) is 36.6 Å². The molecule has 2 aromatic carbocycles. The third-order valence-electron chi connectivity index (χ3n) is 5.79. The first-order valence-corrected chi connectivity index (χ1v) is 10.9. The number of halogens is 5. The zero-order valence-electron chi connectivity index (χ0n) is 19.7. The lowest BCUT2D eigenvalue weighted by atomic mass is 9.91. The SMILES string of the molecule is Cc1ccc(-c2cn3nc(C(=O)N[C@@H](c4ccc(F)cc4)C(C)(C)O)c(C(F)(F)F)c3c(=O)[nH]2)cc1F. The Morgan fingerprint density at radius 2 is 1.76 bits per heavy atom. The highest BCUT2D eigenvalue weighted by Gasteiger charge is 2.42. The smallest absolute Gasteiger partial charge is 0.388 e. The minimum atomic E-state index is -5.15. The largest absolute Gasteiger partial charge is 0.421 e. The fourth-order valence-corrected chi connectivity index (χ4v) is 3.94. The molecule has 7 nitrogen and oxygen atoms in total. The Morgan fingerprint density at radius 3 is 2.32 bits per heavy atom. The number of benzene rings is 2. The summed E-state index contributed by atoms with van der Waals surface area (Å²) >= 11 is 0. The van der Waals surface area contributed by atoms with Gasteiger partial charge in [-0.25, -0.2) is 13.3 Å². The molecule has 4 aromatic rings. The van der Waals surface area contributed by atoms with Crippen molar-refractivity contribution in [3.8, 4) is 11.3 Å². The van der Waals surface area contributed by atoms with E-state index in [1.165, 1.54) is 45.0 Å². The van der Waals surface area contributed by atoms with E-state index >= 15 is 0 Å². The maximum atomic E-state index is 14.1. The molecule has 4 rings (SSSR count). The van der Waals surface area contributed by atoms with Gasteiger partial charge in [0.15, 0.2) is 5.69 Å². The third kappa shape index (κ3) is 5.10. The molecule has 0 spiro atoms. The molecule has 0 aliphatic carbocycles. The van der Waals surface area contributed by atoms with Crippen LogP contribution in [0.1, 0.15) is 47.1 Å². The van der Waals surface area contributed by atoms with Crippen LogP contribution in [0, 0.1) is 18.6 Å². The van der Waals surface area contributed by atoms with E-state index in [0.29, 0.717) is 10.1 Å². The molecule has 12 heteroatoms. The van der Waals surface area contributed by atoms with Crippen molar-refractivity contribution in [2.45, 2.75) is 38.6 Å². The van der Waals surface area contributed by atoms with Crippen LogP contribution in [0.25, 0.3) is 16.8 Å². The molecule has 1 amide bonds. The lowest BCUT2D eigenvalue weighted by Crippen LogP contribution is -2.42. The Labute approximate surface area is 206 Å². The van der Waals surface area contributed by atoms with Gasteiger partial charge in [0.05, 0.1) is 23.5 Å². The summed E-state index contributed by atoms with van der Waals surface area (Å²) in [5.74, 6) is -2.50. The van der Waals surface area contributed by atoms with E-state index in [2.05, 4.69) is 15.4 Å². The third-order valence-corrected chi connectivity index (χ3v) is 5.79. The second-order valence-corrected chi connectivity index (χ2v) is 9.09. The quantitative estimate of drug-likeness (QED) is 0.337. The number of aromatic nitrogens is 3. The number of aliphatic hydroxyl groups is 1. The molecule has 0 unspecified atom stereocenters. The summed E-state index contributed by atoms with van der Waals surface area (Å²) in [6.45, 7) is 4.15. The molecule has 194 valence electrons. The van der Waals surface area contributed by atoms with E-state index in [1.54, 1.807) is 0 Å². The Balaban J connectivity index is 1.84. The van der Waals surface area contributed by atoms with Gasteiger partial charge in [-0.3, -0.25) is 9.59 Å². The van der Waals surface area contributed by atoms with Gasteiger partial charge < -0.3 is 15.4 Å². The van der Waals surface area contributed by atoms with E-state index in [4.69, 9.17) is 0 Å². The second kappa shape index (κ2) is 9.11. The van der Waals surface area contributed by atoms with Crippen molar-refractivity contribution in [2.24, 2.45) is 0 Å². The van der Waals surface area contributed by atoms with Crippen molar-refractivity contribution in [1.82, 2.24) is 19.9 Å². The summed E-state index contributed by atoms with van der Waals surface area (Å²) in [5.41, 5.74) is -5.80. The van der Waals surface area contributed by atoms with Crippen LogP contribution in [-0.2, 0) is 6.18 Å². The lowest BCUT2D eigenvalue weighted by molar-refractivity contribution is -0.136. The second-order valence-electron chi connectivity index (χ2n) is 9.09. The highest BCUT2D eigenvalue weighted by Crippen LogP contribution is 2.35. The standard InChI is InChI=1S/C25H21F5N4O3/c1-12-4-5-14(10-16(12)27)17-11-34-20(23(36)31-17)18(25(28,29)30)19(33-34)22(35)32-21(24(2,3)37)13-6-8-15(26)9-7-13/h4-11,21,37H,1-3H3,(H,31,36)(H,32,35)/t21-/m0/s1. The fraction of sp³-hybridized carbons (Fsp3) is 0.240. The normalized spacial score (nSPS) is 13.1. The predicted octanol–water partition coefficient (Wildman–Crippen LogP) is 4.54. The lowest BCUT2D eigenvalue weighted by Gasteiger charge is -2.30. The van der Waals surface area contributed by atoms with Crippen LogP contribution in [0.4, 0.5) is 22.0 Å². The van der Waals surface area contributed by atoms with Crippen molar-refractivity contribution in [2.75, 3.05) is 0 Å². The number of alkyl halides is 3. The van der Waals surface area contributed by atoms with E-state index in [0.717, 1.165) is 24.4 Å². The average molecular weight is 520 g/mol. The number of carbonyl (C=O) groups is 1. The number of amides is 1. The van der Waals surface area contributed by atoms with Crippen LogP contribution in [0.2, 0.25) is 0 Å². The number of H-pyrrole nitrogens is 1. The predicted molar refractivity (Wildman–Crippen MR) is 124 cm³/mol. The monoisotopic (exact) mass is 520 g/mol. The van der Waals surface area contributed by atoms with Crippen LogP contribution in [0.15, 0.2) is 53.5 Å². The summed E-state index contributed by atoms with van der Waals surface area (Å²) < 4.78 is 70.3. The van der Waals surface area contributed by atoms with Gasteiger partial charge in [-0.2, -0.15) is 18.3 Å². The number of aromatic amines is 1. The minimum Gasteiger partial charge on any atom is -0.388 e. The molecule has 0 aliphatic heterocycles. The Hall–Kier alpha value is -4.06. The topological polar surface area (TPSA) is 99.5 Å². The van der Waals surface area contributed by atoms with Crippen molar-refractivity contribution in [1.29, 1.82) is 0 Å². The Kier molecular flexibility index (Phi) is 6.40. The maximum absolute atomic E-state index is 14.1. The summed E-state index contributed by atoms with van der Waals surface area (Å²) in [4.78, 5) is 28.1. The zero-order valence-corrected chi connectivity index (χ0v) is 19.7. The summed E-state index contributed by atoms with van der Waals surface area (Å²) in [6.07, 6.45) is -4.11. The first kappa shape index (κ1) is 26.0. The maximum Gasteiger partial charge on any atom is 0.421 e. The summed E-state index contributed by atoms with van der Waals surface area (Å²) in [5, 5.41) is 16.6. The summed E-state index contributed by atoms with van der Waals surface area (Å²) in [7, 11) is 0. The molecular formula is C25H21F5N4O3. The molecule has 37 heavy (non-hydrogen) atoms. The molecule has 0 fully saturated rings. The van der Waals surface area contributed by atoms with Gasteiger partial charge >= 0.3 is 6.18 Å². The van der Waals surface area contributed by atoms with Crippen LogP contribution < -0.4 is 10.9 Å². The zero-order chi connectivity index (χ0) is 27.3. The first-order chi connectivity index (χ1) is 17.2. The van der Waals surface area contributed by atoms with Crippen LogP contribution in [-0.4, -0.2) is 31.2 Å². The average Bonchev–Trinajstić information content (AvgIpc) is 3.20. The number of aryl methyl sites for hydroxylation is 1. The van der Waals surface area contributed by atoms with Gasteiger partial charge in [-0.05, 0) is 50.1 Å². The number of hydrogen-bond donors (Lipinski definition) is 3. The van der Waals surface area contributed by atoms with E-state index in [-0.39, 0.29) is 16.8 Å². The molecule has 0 saturated heterocycles. The van der Waals surface area contributed by atoms with Gasteiger partial charge in [-0.1, -0.05) is 24.3 Å². The van der Waals surface area contributed by atoms with Gasteiger partial charge in [-0.15, -0.1) is 0 Å². The van der Waals surface area contributed by atoms with E-state index < -0.39 is 57.7 Å². The highest BCUT2D eigenvalue weighted by molar-refractivity contribution is 5.96. The highest BCUT2D eigenvalue weighted by atomic mass is 19.4. The molecule has 0 radical (unpaired) electrons. The van der Waals surface area contributed by atoms with Crippen LogP contribution >= 0.6 is 0 Å². The van der Waals surface area contributed by atoms with Crippen molar-refractivity contribution in [3.63, 3.8) is 0 Å². The number of nitrogens with one attached hydrogen (secondary N) is 2. The number of nitrogens with zero attached hydrogens (tertiary/aromatic N) is 2. The molecule has 2 heterocycles. The Bertz CT molecular complexity index is 1550. The minimum absolute atomic E-state index is 0.0275. The number of rotatable bonds is 5. The molecule has 2 aromatic heterocycles. The summed E-state index contributed by atoms with van der Waals surface area (Å²) in [6, 6.07) is 7.43. The number of hydrogen-bond acceptors (Lipinski definition) is 4. The molecule has 0 bridgehead atoms. The van der Waals surface area contributed by atoms with E-state index in [1.807, 2.05) is 0 Å². The molecular weight excluding hydrogens is 499 g/mol.